The average Bonchev–Trinajstić information content (AvgIpc) is 3.56. The van der Waals surface area contributed by atoms with Crippen LogP contribution in [0, 0.1) is 16.0 Å². The molecule has 4 atom stereocenters. The third-order valence-corrected chi connectivity index (χ3v) is 6.08. The van der Waals surface area contributed by atoms with E-state index in [0.29, 0.717) is 31.5 Å². The molecule has 1 aliphatic carbocycles. The number of piperidine rings is 1. The number of rotatable bonds is 7. The lowest BCUT2D eigenvalue weighted by Crippen LogP contribution is -2.46. The van der Waals surface area contributed by atoms with Crippen LogP contribution in [0.15, 0.2) is 54.6 Å². The molecule has 1 heterocycles. The summed E-state index contributed by atoms with van der Waals surface area (Å²) in [4.78, 5) is 23.8. The maximum absolute atomic E-state index is 14.6. The lowest BCUT2D eigenvalue weighted by Gasteiger charge is -2.34. The van der Waals surface area contributed by atoms with Crippen molar-refractivity contribution in [3.05, 3.63) is 75.8 Å². The number of benzene rings is 2. The number of alkyl halides is 1. The van der Waals surface area contributed by atoms with Crippen LogP contribution in [0.4, 0.5) is 14.9 Å². The summed E-state index contributed by atoms with van der Waals surface area (Å²) in [7, 11) is 0. The van der Waals surface area contributed by atoms with E-state index in [1.165, 1.54) is 17.0 Å². The van der Waals surface area contributed by atoms with Crippen LogP contribution in [0.3, 0.4) is 0 Å². The molecule has 164 valence electrons. The molecule has 1 saturated heterocycles. The van der Waals surface area contributed by atoms with Gasteiger partial charge in [-0.1, -0.05) is 42.5 Å². The van der Waals surface area contributed by atoms with Crippen LogP contribution < -0.4 is 5.32 Å². The minimum Gasteiger partial charge on any atom is -0.444 e. The second-order valence-electron chi connectivity index (χ2n) is 8.26. The van der Waals surface area contributed by atoms with Crippen LogP contribution in [-0.2, 0) is 11.3 Å². The van der Waals surface area contributed by atoms with E-state index < -0.39 is 17.3 Å². The highest BCUT2D eigenvalue weighted by molar-refractivity contribution is 5.68. The summed E-state index contributed by atoms with van der Waals surface area (Å²) in [6, 6.07) is 16.3. The Bertz CT molecular complexity index is 909. The van der Waals surface area contributed by atoms with E-state index in [-0.39, 0.29) is 18.2 Å². The number of carbonyl (C=O) groups is 1. The Labute approximate surface area is 180 Å². The molecule has 0 bridgehead atoms. The molecule has 7 nitrogen and oxygen atoms in total. The van der Waals surface area contributed by atoms with Crippen molar-refractivity contribution in [2.75, 3.05) is 13.1 Å². The SMILES string of the molecule is O=C(OCc1ccccc1)N1CCC(CN[C@@H]2C[C@H]2c2ccc([N+](=O)[O-])cc2)CC1F. The Hall–Kier alpha value is -3.00. The zero-order chi connectivity index (χ0) is 21.8. The number of nitrogens with zero attached hydrogens (tertiary/aromatic N) is 2. The monoisotopic (exact) mass is 427 g/mol. The van der Waals surface area contributed by atoms with Crippen LogP contribution in [-0.4, -0.2) is 41.3 Å². The van der Waals surface area contributed by atoms with E-state index in [4.69, 9.17) is 4.74 Å². The highest BCUT2D eigenvalue weighted by Crippen LogP contribution is 2.41. The quantitative estimate of drug-likeness (QED) is 0.403. The molecule has 2 aliphatic rings. The average molecular weight is 427 g/mol. The van der Waals surface area contributed by atoms with Gasteiger partial charge >= 0.3 is 6.09 Å². The fraction of sp³-hybridized carbons (Fsp3) is 0.435. The number of carbonyl (C=O) groups excluding carboxylic acids is 1. The van der Waals surface area contributed by atoms with Crippen molar-refractivity contribution in [1.82, 2.24) is 10.2 Å². The lowest BCUT2D eigenvalue weighted by atomic mass is 9.96. The largest absolute Gasteiger partial charge is 0.444 e. The first-order chi connectivity index (χ1) is 15.0. The van der Waals surface area contributed by atoms with Crippen LogP contribution >= 0.6 is 0 Å². The van der Waals surface area contributed by atoms with E-state index in [1.54, 1.807) is 0 Å². The second kappa shape index (κ2) is 9.43. The lowest BCUT2D eigenvalue weighted by molar-refractivity contribution is -0.384. The minimum absolute atomic E-state index is 0.0944. The minimum atomic E-state index is -1.34. The molecule has 2 aromatic carbocycles. The normalized spacial score (nSPS) is 25.1. The number of hydrogen-bond donors (Lipinski definition) is 1. The molecule has 8 heteroatoms. The topological polar surface area (TPSA) is 84.7 Å². The molecule has 0 aromatic heterocycles. The predicted octanol–water partition coefficient (Wildman–Crippen LogP) is 4.38. The molecule has 1 N–H and O–H groups in total. The van der Waals surface area contributed by atoms with Gasteiger partial charge in [0.2, 0.25) is 0 Å². The van der Waals surface area contributed by atoms with Crippen molar-refractivity contribution in [2.45, 2.75) is 44.1 Å². The summed E-state index contributed by atoms with van der Waals surface area (Å²) in [6.45, 7) is 1.18. The second-order valence-corrected chi connectivity index (χ2v) is 8.26. The number of nitro benzene ring substituents is 1. The first kappa shape index (κ1) is 21.2. The summed E-state index contributed by atoms with van der Waals surface area (Å²) in [5, 5.41) is 14.3. The van der Waals surface area contributed by atoms with Gasteiger partial charge in [-0.3, -0.25) is 15.0 Å². The van der Waals surface area contributed by atoms with E-state index in [0.717, 1.165) is 24.0 Å². The molecule has 4 rings (SSSR count). The summed E-state index contributed by atoms with van der Waals surface area (Å²) in [6.07, 6.45) is 0.0452. The van der Waals surface area contributed by atoms with Gasteiger partial charge < -0.3 is 10.1 Å². The summed E-state index contributed by atoms with van der Waals surface area (Å²) < 4.78 is 19.9. The van der Waals surface area contributed by atoms with Crippen molar-refractivity contribution < 1.29 is 18.8 Å². The maximum Gasteiger partial charge on any atom is 0.412 e. The number of hydrogen-bond acceptors (Lipinski definition) is 5. The Balaban J connectivity index is 1.18. The fourth-order valence-electron chi connectivity index (χ4n) is 4.13. The summed E-state index contributed by atoms with van der Waals surface area (Å²) >= 11 is 0. The van der Waals surface area contributed by atoms with Crippen LogP contribution in [0.2, 0.25) is 0 Å². The van der Waals surface area contributed by atoms with Gasteiger partial charge in [0, 0.05) is 37.1 Å². The zero-order valence-corrected chi connectivity index (χ0v) is 17.2. The number of amides is 1. The molecule has 0 spiro atoms. The number of nitro groups is 1. The fourth-order valence-corrected chi connectivity index (χ4v) is 4.13. The molecular weight excluding hydrogens is 401 g/mol. The Morgan fingerprint density at radius 1 is 1.16 bits per heavy atom. The Kier molecular flexibility index (Phi) is 6.46. The molecule has 2 aromatic rings. The zero-order valence-electron chi connectivity index (χ0n) is 17.2. The van der Waals surface area contributed by atoms with E-state index in [1.807, 2.05) is 42.5 Å². The smallest absolute Gasteiger partial charge is 0.412 e. The third-order valence-electron chi connectivity index (χ3n) is 6.08. The van der Waals surface area contributed by atoms with Gasteiger partial charge in [0.1, 0.15) is 6.61 Å². The number of likely N-dealkylation sites (tertiary alicyclic amines) is 1. The van der Waals surface area contributed by atoms with Crippen LogP contribution in [0.5, 0.6) is 0 Å². The Morgan fingerprint density at radius 3 is 2.58 bits per heavy atom. The number of non-ortho nitro benzene ring substituents is 1. The Morgan fingerprint density at radius 2 is 1.90 bits per heavy atom. The van der Waals surface area contributed by atoms with Gasteiger partial charge in [-0.15, -0.1) is 0 Å². The van der Waals surface area contributed by atoms with Gasteiger partial charge in [0.05, 0.1) is 4.92 Å². The molecule has 2 fully saturated rings. The highest BCUT2D eigenvalue weighted by atomic mass is 19.1. The maximum atomic E-state index is 14.6. The third kappa shape index (κ3) is 5.38. The standard InChI is InChI=1S/C23H26FN3O4/c24-22-12-17(10-11-26(22)23(28)31-15-16-4-2-1-3-5-16)14-25-21-13-20(21)18-6-8-19(9-7-18)27(29)30/h1-9,17,20-22,25H,10-15H2/t17?,20-,21+,22?/m0/s1. The van der Waals surface area contributed by atoms with Crippen LogP contribution in [0.1, 0.15) is 36.3 Å². The van der Waals surface area contributed by atoms with Gasteiger partial charge in [-0.25, -0.2) is 9.18 Å². The van der Waals surface area contributed by atoms with Crippen molar-refractivity contribution in [1.29, 1.82) is 0 Å². The molecule has 1 saturated carbocycles. The molecule has 1 aliphatic heterocycles. The molecular formula is C23H26FN3O4. The highest BCUT2D eigenvalue weighted by Gasteiger charge is 2.39. The van der Waals surface area contributed by atoms with Crippen molar-refractivity contribution >= 4 is 11.8 Å². The van der Waals surface area contributed by atoms with Gasteiger partial charge in [-0.05, 0) is 36.4 Å². The first-order valence-corrected chi connectivity index (χ1v) is 10.6. The van der Waals surface area contributed by atoms with Crippen LogP contribution in [0.25, 0.3) is 0 Å². The number of halogens is 1. The summed E-state index contributed by atoms with van der Waals surface area (Å²) in [5.41, 5.74) is 2.05. The van der Waals surface area contributed by atoms with E-state index in [2.05, 4.69) is 5.32 Å². The predicted molar refractivity (Wildman–Crippen MR) is 113 cm³/mol. The van der Waals surface area contributed by atoms with E-state index >= 15 is 0 Å². The van der Waals surface area contributed by atoms with Gasteiger partial charge in [-0.2, -0.15) is 0 Å². The van der Waals surface area contributed by atoms with Crippen molar-refractivity contribution in [2.24, 2.45) is 5.92 Å². The molecule has 2 unspecified atom stereocenters. The number of ether oxygens (including phenoxy) is 1. The van der Waals surface area contributed by atoms with Crippen molar-refractivity contribution in [3.63, 3.8) is 0 Å². The summed E-state index contributed by atoms with van der Waals surface area (Å²) in [5.74, 6) is 0.501. The first-order valence-electron chi connectivity index (χ1n) is 10.6. The van der Waals surface area contributed by atoms with Crippen molar-refractivity contribution in [3.8, 4) is 0 Å². The van der Waals surface area contributed by atoms with Gasteiger partial charge in [0.15, 0.2) is 6.30 Å². The molecule has 0 radical (unpaired) electrons. The van der Waals surface area contributed by atoms with E-state index in [9.17, 15) is 19.3 Å². The van der Waals surface area contributed by atoms with Gasteiger partial charge in [0.25, 0.3) is 5.69 Å². The number of nitrogens with one attached hydrogen (secondary N) is 1. The molecule has 31 heavy (non-hydrogen) atoms. The molecule has 1 amide bonds.